The zero-order valence-corrected chi connectivity index (χ0v) is 16.1. The topological polar surface area (TPSA) is 61.6 Å². The number of esters is 1. The molecule has 0 fully saturated rings. The van der Waals surface area contributed by atoms with Crippen molar-refractivity contribution >= 4 is 17.6 Å². The van der Waals surface area contributed by atoms with Crippen LogP contribution in [0, 0.1) is 13.8 Å². The van der Waals surface area contributed by atoms with Gasteiger partial charge in [0.15, 0.2) is 0 Å². The van der Waals surface area contributed by atoms with Crippen LogP contribution in [-0.2, 0) is 11.3 Å². The first-order valence-electron chi connectivity index (χ1n) is 8.55. The lowest BCUT2D eigenvalue weighted by molar-refractivity contribution is 0.0338. The second kappa shape index (κ2) is 8.27. The molecule has 0 unspecified atom stereocenters. The second-order valence-electron chi connectivity index (χ2n) is 6.18. The van der Waals surface area contributed by atoms with E-state index in [4.69, 9.17) is 25.6 Å². The molecule has 0 aliphatic heterocycles. The summed E-state index contributed by atoms with van der Waals surface area (Å²) in [4.78, 5) is 12.4. The number of ether oxygens (including phenoxy) is 2. The van der Waals surface area contributed by atoms with Gasteiger partial charge < -0.3 is 14.0 Å². The molecule has 0 saturated carbocycles. The number of hydrogen-bond acceptors (Lipinski definition) is 5. The van der Waals surface area contributed by atoms with Gasteiger partial charge in [-0.15, -0.1) is 0 Å². The summed E-state index contributed by atoms with van der Waals surface area (Å²) in [6.07, 6.45) is -0.443. The molecule has 1 aromatic heterocycles. The molecule has 1 atom stereocenters. The lowest BCUT2D eigenvalue weighted by Gasteiger charge is -2.15. The van der Waals surface area contributed by atoms with Gasteiger partial charge in [0.1, 0.15) is 24.2 Å². The largest absolute Gasteiger partial charge is 0.489 e. The summed E-state index contributed by atoms with van der Waals surface area (Å²) < 4.78 is 16.4. The van der Waals surface area contributed by atoms with Gasteiger partial charge in [0, 0.05) is 10.6 Å². The zero-order chi connectivity index (χ0) is 19.4. The Balaban J connectivity index is 1.61. The van der Waals surface area contributed by atoms with Crippen LogP contribution < -0.4 is 4.74 Å². The number of nitrogens with zero attached hydrogens (tertiary/aromatic N) is 1. The third-order valence-electron chi connectivity index (χ3n) is 4.28. The molecule has 0 bridgehead atoms. The van der Waals surface area contributed by atoms with Crippen LogP contribution in [0.2, 0.25) is 5.02 Å². The maximum absolute atomic E-state index is 12.4. The molecule has 2 aromatic carbocycles. The molecule has 0 aliphatic carbocycles. The van der Waals surface area contributed by atoms with E-state index >= 15 is 0 Å². The van der Waals surface area contributed by atoms with Crippen LogP contribution >= 0.6 is 11.6 Å². The summed E-state index contributed by atoms with van der Waals surface area (Å²) >= 11 is 6.15. The van der Waals surface area contributed by atoms with E-state index in [1.807, 2.05) is 32.0 Å². The van der Waals surface area contributed by atoms with Gasteiger partial charge in [-0.05, 0) is 51.1 Å². The Bertz CT molecular complexity index is 914. The Morgan fingerprint density at radius 2 is 1.85 bits per heavy atom. The predicted molar refractivity (Wildman–Crippen MR) is 102 cm³/mol. The van der Waals surface area contributed by atoms with E-state index in [2.05, 4.69) is 5.16 Å². The van der Waals surface area contributed by atoms with E-state index in [9.17, 15) is 4.79 Å². The van der Waals surface area contributed by atoms with Crippen LogP contribution in [0.15, 0.2) is 53.1 Å². The van der Waals surface area contributed by atoms with Gasteiger partial charge in [0.05, 0.1) is 16.8 Å². The smallest absolute Gasteiger partial charge is 0.338 e. The predicted octanol–water partition coefficient (Wildman–Crippen LogP) is 5.44. The molecule has 27 heavy (non-hydrogen) atoms. The molecule has 3 aromatic rings. The summed E-state index contributed by atoms with van der Waals surface area (Å²) in [5.41, 5.74) is 2.94. The maximum Gasteiger partial charge on any atom is 0.338 e. The van der Waals surface area contributed by atoms with Crippen molar-refractivity contribution in [2.24, 2.45) is 0 Å². The number of aryl methyl sites for hydroxylation is 2. The summed E-state index contributed by atoms with van der Waals surface area (Å²) in [5, 5.41) is 4.47. The molecule has 0 N–H and O–H groups in total. The highest BCUT2D eigenvalue weighted by molar-refractivity contribution is 6.31. The lowest BCUT2D eigenvalue weighted by Crippen LogP contribution is -2.09. The molecule has 5 nitrogen and oxygen atoms in total. The molecule has 0 aliphatic rings. The van der Waals surface area contributed by atoms with Gasteiger partial charge in [-0.2, -0.15) is 0 Å². The maximum atomic E-state index is 12.4. The highest BCUT2D eigenvalue weighted by Crippen LogP contribution is 2.26. The summed E-state index contributed by atoms with van der Waals surface area (Å²) in [7, 11) is 0. The van der Waals surface area contributed by atoms with Crippen LogP contribution in [0.1, 0.15) is 46.0 Å². The summed E-state index contributed by atoms with van der Waals surface area (Å²) in [6, 6.07) is 14.1. The number of carbonyl (C=O) groups is 1. The van der Waals surface area contributed by atoms with Gasteiger partial charge in [-0.3, -0.25) is 0 Å². The number of benzene rings is 2. The third-order valence-corrected chi connectivity index (χ3v) is 4.63. The zero-order valence-electron chi connectivity index (χ0n) is 15.4. The molecule has 1 heterocycles. The fourth-order valence-electron chi connectivity index (χ4n) is 2.65. The van der Waals surface area contributed by atoms with Crippen molar-refractivity contribution in [3.63, 3.8) is 0 Å². The number of aromatic nitrogens is 1. The minimum absolute atomic E-state index is 0.356. The number of hydrogen-bond donors (Lipinski definition) is 0. The number of rotatable bonds is 6. The Morgan fingerprint density at radius 3 is 2.48 bits per heavy atom. The van der Waals surface area contributed by atoms with Crippen LogP contribution in [0.25, 0.3) is 0 Å². The van der Waals surface area contributed by atoms with Gasteiger partial charge in [0.25, 0.3) is 0 Å². The fraction of sp³-hybridized carbons (Fsp3) is 0.238. The minimum atomic E-state index is -0.443. The standard InChI is InChI=1S/C21H20ClNO4/c1-13-19(15(3)27-23-13)12-25-17-10-8-16(9-11-17)21(24)26-14(2)18-6-4-5-7-20(18)22/h4-11,14H,12H2,1-3H3/t14-/m1/s1. The molecule has 0 saturated heterocycles. The van der Waals surface area contributed by atoms with Crippen molar-refractivity contribution in [3.8, 4) is 5.75 Å². The Hall–Kier alpha value is -2.79. The molecule has 0 spiro atoms. The first-order chi connectivity index (χ1) is 13.0. The van der Waals surface area contributed by atoms with Gasteiger partial charge in [0.2, 0.25) is 0 Å². The van der Waals surface area contributed by atoms with E-state index in [1.54, 1.807) is 37.3 Å². The highest BCUT2D eigenvalue weighted by atomic mass is 35.5. The average molecular weight is 386 g/mol. The van der Waals surface area contributed by atoms with Crippen LogP contribution in [-0.4, -0.2) is 11.1 Å². The SMILES string of the molecule is Cc1noc(C)c1COc1ccc(C(=O)O[C@H](C)c2ccccc2Cl)cc1. The Labute approximate surface area is 162 Å². The monoisotopic (exact) mass is 385 g/mol. The molecular formula is C21H20ClNO4. The van der Waals surface area contributed by atoms with Crippen molar-refractivity contribution in [1.29, 1.82) is 0 Å². The van der Waals surface area contributed by atoms with Crippen LogP contribution in [0.4, 0.5) is 0 Å². The van der Waals surface area contributed by atoms with E-state index < -0.39 is 12.1 Å². The number of halogens is 1. The van der Waals surface area contributed by atoms with E-state index in [0.717, 1.165) is 22.6 Å². The van der Waals surface area contributed by atoms with E-state index in [1.165, 1.54) is 0 Å². The molecule has 140 valence electrons. The second-order valence-corrected chi connectivity index (χ2v) is 6.59. The first-order valence-corrected chi connectivity index (χ1v) is 8.93. The molecule has 6 heteroatoms. The average Bonchev–Trinajstić information content (AvgIpc) is 2.98. The lowest BCUT2D eigenvalue weighted by atomic mass is 10.1. The Kier molecular flexibility index (Phi) is 5.81. The Morgan fingerprint density at radius 1 is 1.15 bits per heavy atom. The molecule has 0 amide bonds. The first kappa shape index (κ1) is 19.0. The summed E-state index contributed by atoms with van der Waals surface area (Å²) in [5.74, 6) is 0.964. The van der Waals surface area contributed by atoms with Crippen molar-refractivity contribution in [2.45, 2.75) is 33.5 Å². The van der Waals surface area contributed by atoms with Crippen LogP contribution in [0.5, 0.6) is 5.75 Å². The van der Waals surface area contributed by atoms with Gasteiger partial charge in [-0.1, -0.05) is 35.0 Å². The normalized spacial score (nSPS) is 11.9. The minimum Gasteiger partial charge on any atom is -0.489 e. The van der Waals surface area contributed by atoms with Crippen LogP contribution in [0.3, 0.4) is 0 Å². The van der Waals surface area contributed by atoms with E-state index in [0.29, 0.717) is 22.9 Å². The molecular weight excluding hydrogens is 366 g/mol. The van der Waals surface area contributed by atoms with Crippen molar-refractivity contribution in [1.82, 2.24) is 5.16 Å². The summed E-state index contributed by atoms with van der Waals surface area (Å²) in [6.45, 7) is 5.86. The third kappa shape index (κ3) is 4.49. The molecule has 3 rings (SSSR count). The van der Waals surface area contributed by atoms with Gasteiger partial charge >= 0.3 is 5.97 Å². The van der Waals surface area contributed by atoms with Crippen molar-refractivity contribution in [3.05, 3.63) is 81.7 Å². The number of carbonyl (C=O) groups excluding carboxylic acids is 1. The highest BCUT2D eigenvalue weighted by Gasteiger charge is 2.16. The molecule has 0 radical (unpaired) electrons. The van der Waals surface area contributed by atoms with Gasteiger partial charge in [-0.25, -0.2) is 4.79 Å². The van der Waals surface area contributed by atoms with Crippen molar-refractivity contribution < 1.29 is 18.8 Å². The van der Waals surface area contributed by atoms with Crippen molar-refractivity contribution in [2.75, 3.05) is 0 Å². The quantitative estimate of drug-likeness (QED) is 0.528. The van der Waals surface area contributed by atoms with E-state index in [-0.39, 0.29) is 0 Å². The fourth-order valence-corrected chi connectivity index (χ4v) is 2.94.